The number of hydrogen-bond acceptors (Lipinski definition) is 3. The number of hydrogen-bond donors (Lipinski definition) is 0. The summed E-state index contributed by atoms with van der Waals surface area (Å²) in [6.45, 7) is 7.55. The minimum Gasteiger partial charge on any atom is -0.496 e. The van der Waals surface area contributed by atoms with Crippen LogP contribution in [0.15, 0.2) is 18.2 Å². The molecule has 1 fully saturated rings. The van der Waals surface area contributed by atoms with E-state index in [2.05, 4.69) is 26.0 Å². The van der Waals surface area contributed by atoms with Gasteiger partial charge in [0.25, 0.3) is 0 Å². The van der Waals surface area contributed by atoms with Gasteiger partial charge in [-0.1, -0.05) is 19.9 Å². The summed E-state index contributed by atoms with van der Waals surface area (Å²) in [4.78, 5) is 0. The van der Waals surface area contributed by atoms with Gasteiger partial charge in [-0.2, -0.15) is 0 Å². The standard InChI is InChI=1S/C14H20O3/c1-10(2)11-5-6-13(15-4)12(9-11)14(3)16-7-8-17-14/h5-6,9-10H,7-8H2,1-4H3. The normalized spacial score (nSPS) is 18.6. The molecule has 0 amide bonds. The Balaban J connectivity index is 2.45. The van der Waals surface area contributed by atoms with Gasteiger partial charge in [0.15, 0.2) is 5.79 Å². The van der Waals surface area contributed by atoms with Gasteiger partial charge in [-0.15, -0.1) is 0 Å². The molecular weight excluding hydrogens is 216 g/mol. The molecule has 0 spiro atoms. The Morgan fingerprint density at radius 3 is 2.41 bits per heavy atom. The Bertz CT molecular complexity index is 392. The second-order valence-electron chi connectivity index (χ2n) is 4.76. The van der Waals surface area contributed by atoms with Crippen molar-refractivity contribution in [3.05, 3.63) is 29.3 Å². The molecule has 0 N–H and O–H groups in total. The predicted molar refractivity (Wildman–Crippen MR) is 66.3 cm³/mol. The van der Waals surface area contributed by atoms with E-state index in [1.807, 2.05) is 13.0 Å². The van der Waals surface area contributed by atoms with Crippen molar-refractivity contribution < 1.29 is 14.2 Å². The summed E-state index contributed by atoms with van der Waals surface area (Å²) in [5, 5.41) is 0. The Morgan fingerprint density at radius 2 is 1.88 bits per heavy atom. The van der Waals surface area contributed by atoms with Gasteiger partial charge >= 0.3 is 0 Å². The molecule has 3 heteroatoms. The lowest BCUT2D eigenvalue weighted by Crippen LogP contribution is -2.23. The SMILES string of the molecule is COc1ccc(C(C)C)cc1C1(C)OCCO1. The van der Waals surface area contributed by atoms with Crippen molar-refractivity contribution in [2.75, 3.05) is 20.3 Å². The van der Waals surface area contributed by atoms with Gasteiger partial charge in [-0.3, -0.25) is 0 Å². The molecule has 17 heavy (non-hydrogen) atoms. The van der Waals surface area contributed by atoms with E-state index in [9.17, 15) is 0 Å². The first-order chi connectivity index (χ1) is 8.07. The lowest BCUT2D eigenvalue weighted by Gasteiger charge is -2.25. The molecule has 1 saturated heterocycles. The van der Waals surface area contributed by atoms with Crippen molar-refractivity contribution in [1.29, 1.82) is 0 Å². The average molecular weight is 236 g/mol. The fourth-order valence-electron chi connectivity index (χ4n) is 2.11. The molecule has 0 atom stereocenters. The lowest BCUT2D eigenvalue weighted by atomic mass is 9.97. The molecule has 0 bridgehead atoms. The Labute approximate surface area is 103 Å². The molecule has 0 unspecified atom stereocenters. The molecule has 1 aromatic rings. The van der Waals surface area contributed by atoms with Crippen molar-refractivity contribution in [2.45, 2.75) is 32.5 Å². The second kappa shape index (κ2) is 4.67. The molecule has 2 rings (SSSR count). The minimum atomic E-state index is -0.670. The van der Waals surface area contributed by atoms with Gasteiger partial charge in [-0.05, 0) is 30.5 Å². The molecule has 0 aliphatic carbocycles. The van der Waals surface area contributed by atoms with Crippen molar-refractivity contribution in [3.8, 4) is 5.75 Å². The zero-order valence-electron chi connectivity index (χ0n) is 10.9. The maximum atomic E-state index is 5.70. The quantitative estimate of drug-likeness (QED) is 0.807. The van der Waals surface area contributed by atoms with Crippen LogP contribution in [0.4, 0.5) is 0 Å². The molecule has 0 radical (unpaired) electrons. The van der Waals surface area contributed by atoms with E-state index >= 15 is 0 Å². The van der Waals surface area contributed by atoms with E-state index in [1.165, 1.54) is 5.56 Å². The fraction of sp³-hybridized carbons (Fsp3) is 0.571. The number of benzene rings is 1. The number of ether oxygens (including phenoxy) is 3. The van der Waals surface area contributed by atoms with E-state index in [4.69, 9.17) is 14.2 Å². The predicted octanol–water partition coefficient (Wildman–Crippen LogP) is 3.04. The van der Waals surface area contributed by atoms with Gasteiger partial charge in [0.05, 0.1) is 25.9 Å². The molecule has 1 heterocycles. The summed E-state index contributed by atoms with van der Waals surface area (Å²) in [6, 6.07) is 6.20. The van der Waals surface area contributed by atoms with Crippen molar-refractivity contribution in [3.63, 3.8) is 0 Å². The highest BCUT2D eigenvalue weighted by Gasteiger charge is 2.36. The molecule has 1 aromatic carbocycles. The van der Waals surface area contributed by atoms with Crippen molar-refractivity contribution in [2.24, 2.45) is 0 Å². The van der Waals surface area contributed by atoms with Crippen LogP contribution < -0.4 is 4.74 Å². The molecule has 1 aliphatic rings. The fourth-order valence-corrected chi connectivity index (χ4v) is 2.11. The van der Waals surface area contributed by atoms with Crippen LogP contribution in [0.5, 0.6) is 5.75 Å². The highest BCUT2D eigenvalue weighted by Crippen LogP contribution is 2.38. The summed E-state index contributed by atoms with van der Waals surface area (Å²) in [5.41, 5.74) is 2.24. The third-order valence-electron chi connectivity index (χ3n) is 3.22. The van der Waals surface area contributed by atoms with Crippen LogP contribution in [-0.2, 0) is 15.3 Å². The topological polar surface area (TPSA) is 27.7 Å². The summed E-state index contributed by atoms with van der Waals surface area (Å²) < 4.78 is 16.8. The monoisotopic (exact) mass is 236 g/mol. The van der Waals surface area contributed by atoms with Gasteiger partial charge in [0, 0.05) is 0 Å². The molecule has 3 nitrogen and oxygen atoms in total. The van der Waals surface area contributed by atoms with Gasteiger partial charge in [0.1, 0.15) is 5.75 Å². The van der Waals surface area contributed by atoms with Crippen LogP contribution in [0, 0.1) is 0 Å². The first-order valence-electron chi connectivity index (χ1n) is 6.03. The summed E-state index contributed by atoms with van der Waals surface area (Å²) >= 11 is 0. The van der Waals surface area contributed by atoms with Crippen LogP contribution in [0.1, 0.15) is 37.8 Å². The number of rotatable bonds is 3. The average Bonchev–Trinajstić information content (AvgIpc) is 2.76. The second-order valence-corrected chi connectivity index (χ2v) is 4.76. The summed E-state index contributed by atoms with van der Waals surface area (Å²) in [6.07, 6.45) is 0. The third-order valence-corrected chi connectivity index (χ3v) is 3.22. The summed E-state index contributed by atoms with van der Waals surface area (Å²) in [5.74, 6) is 0.624. The zero-order valence-corrected chi connectivity index (χ0v) is 10.9. The van der Waals surface area contributed by atoms with Crippen LogP contribution in [-0.4, -0.2) is 20.3 Å². The van der Waals surface area contributed by atoms with E-state index in [0.29, 0.717) is 19.1 Å². The molecule has 1 aliphatic heterocycles. The van der Waals surface area contributed by atoms with E-state index < -0.39 is 5.79 Å². The van der Waals surface area contributed by atoms with Gasteiger partial charge in [0.2, 0.25) is 0 Å². The Kier molecular flexibility index (Phi) is 3.40. The van der Waals surface area contributed by atoms with Crippen LogP contribution in [0.25, 0.3) is 0 Å². The Morgan fingerprint density at radius 1 is 1.24 bits per heavy atom. The van der Waals surface area contributed by atoms with E-state index in [1.54, 1.807) is 7.11 Å². The maximum Gasteiger partial charge on any atom is 0.195 e. The third kappa shape index (κ3) is 2.31. The first kappa shape index (κ1) is 12.4. The Hall–Kier alpha value is -1.06. The highest BCUT2D eigenvalue weighted by atomic mass is 16.7. The van der Waals surface area contributed by atoms with E-state index in [-0.39, 0.29) is 0 Å². The summed E-state index contributed by atoms with van der Waals surface area (Å²) in [7, 11) is 1.67. The van der Waals surface area contributed by atoms with Gasteiger partial charge in [-0.25, -0.2) is 0 Å². The lowest BCUT2D eigenvalue weighted by molar-refractivity contribution is -0.150. The minimum absolute atomic E-state index is 0.477. The zero-order chi connectivity index (χ0) is 12.5. The van der Waals surface area contributed by atoms with Crippen molar-refractivity contribution >= 4 is 0 Å². The van der Waals surface area contributed by atoms with Gasteiger partial charge < -0.3 is 14.2 Å². The number of methoxy groups -OCH3 is 1. The molecule has 94 valence electrons. The molecule has 0 saturated carbocycles. The largest absolute Gasteiger partial charge is 0.496 e. The van der Waals surface area contributed by atoms with Crippen molar-refractivity contribution in [1.82, 2.24) is 0 Å². The molecule has 0 aromatic heterocycles. The van der Waals surface area contributed by atoms with Crippen LogP contribution in [0.2, 0.25) is 0 Å². The van der Waals surface area contributed by atoms with E-state index in [0.717, 1.165) is 11.3 Å². The smallest absolute Gasteiger partial charge is 0.195 e. The first-order valence-corrected chi connectivity index (χ1v) is 6.03. The molecular formula is C14H20O3. The maximum absolute atomic E-state index is 5.70. The highest BCUT2D eigenvalue weighted by molar-refractivity contribution is 5.41. The van der Waals surface area contributed by atoms with Crippen LogP contribution in [0.3, 0.4) is 0 Å². The van der Waals surface area contributed by atoms with Crippen LogP contribution >= 0.6 is 0 Å².